The Balaban J connectivity index is 2.06. The molecule has 0 atom stereocenters. The van der Waals surface area contributed by atoms with Crippen LogP contribution in [0.4, 0.5) is 0 Å². The maximum absolute atomic E-state index is 11.4. The number of aromatic carboxylic acids is 1. The molecular formula is C15H15NO4S. The van der Waals surface area contributed by atoms with E-state index in [2.05, 4.69) is 4.98 Å². The number of carbonyl (C=O) groups is 1. The lowest BCUT2D eigenvalue weighted by molar-refractivity contribution is 0.0692. The van der Waals surface area contributed by atoms with Crippen molar-refractivity contribution in [3.8, 4) is 21.9 Å². The number of ether oxygens (including phenoxy) is 2. The molecule has 21 heavy (non-hydrogen) atoms. The summed E-state index contributed by atoms with van der Waals surface area (Å²) in [7, 11) is 0. The summed E-state index contributed by atoms with van der Waals surface area (Å²) < 4.78 is 11.2. The minimum Gasteiger partial charge on any atom is -0.490 e. The molecule has 1 aliphatic rings. The number of hydrogen-bond acceptors (Lipinski definition) is 5. The van der Waals surface area contributed by atoms with E-state index in [1.165, 1.54) is 11.3 Å². The smallest absolute Gasteiger partial charge is 0.356 e. The van der Waals surface area contributed by atoms with Crippen molar-refractivity contribution in [2.24, 2.45) is 0 Å². The summed E-state index contributed by atoms with van der Waals surface area (Å²) in [6.07, 6.45) is 1.56. The highest BCUT2D eigenvalue weighted by Gasteiger charge is 2.20. The molecule has 2 heterocycles. The first-order valence-corrected chi connectivity index (χ1v) is 7.63. The van der Waals surface area contributed by atoms with Crippen LogP contribution in [-0.4, -0.2) is 29.3 Å². The number of aryl methyl sites for hydroxylation is 1. The fourth-order valence-electron chi connectivity index (χ4n) is 2.16. The van der Waals surface area contributed by atoms with Gasteiger partial charge in [0.05, 0.1) is 23.1 Å². The number of carboxylic acids is 1. The largest absolute Gasteiger partial charge is 0.490 e. The van der Waals surface area contributed by atoms with Gasteiger partial charge in [0.2, 0.25) is 0 Å². The third-order valence-corrected chi connectivity index (χ3v) is 4.43. The summed E-state index contributed by atoms with van der Waals surface area (Å²) >= 11 is 1.41. The highest BCUT2D eigenvalue weighted by atomic mass is 32.1. The van der Waals surface area contributed by atoms with Gasteiger partial charge in [-0.05, 0) is 30.2 Å². The quantitative estimate of drug-likeness (QED) is 0.943. The first kappa shape index (κ1) is 13.9. The van der Waals surface area contributed by atoms with Crippen molar-refractivity contribution >= 4 is 17.3 Å². The van der Waals surface area contributed by atoms with Gasteiger partial charge in [-0.1, -0.05) is 6.92 Å². The summed E-state index contributed by atoms with van der Waals surface area (Å²) in [5.41, 5.74) is 0.903. The van der Waals surface area contributed by atoms with Crippen LogP contribution >= 0.6 is 11.3 Å². The molecular weight excluding hydrogens is 290 g/mol. The summed E-state index contributed by atoms with van der Waals surface area (Å²) in [4.78, 5) is 16.2. The molecule has 2 aromatic rings. The molecule has 3 rings (SSSR count). The van der Waals surface area contributed by atoms with E-state index < -0.39 is 5.97 Å². The highest BCUT2D eigenvalue weighted by molar-refractivity contribution is 7.15. The second-order valence-corrected chi connectivity index (χ2v) is 5.74. The van der Waals surface area contributed by atoms with E-state index in [0.29, 0.717) is 29.6 Å². The molecule has 0 saturated carbocycles. The van der Waals surface area contributed by atoms with Crippen LogP contribution in [0.15, 0.2) is 18.2 Å². The molecule has 0 fully saturated rings. The summed E-state index contributed by atoms with van der Waals surface area (Å²) in [6.45, 7) is 3.20. The van der Waals surface area contributed by atoms with Crippen molar-refractivity contribution in [1.82, 2.24) is 4.98 Å². The Morgan fingerprint density at radius 2 is 2.10 bits per heavy atom. The Bertz CT molecular complexity index is 680. The van der Waals surface area contributed by atoms with Gasteiger partial charge in [0.1, 0.15) is 0 Å². The minimum absolute atomic E-state index is 0.103. The molecule has 0 bridgehead atoms. The topological polar surface area (TPSA) is 68.7 Å². The minimum atomic E-state index is -1.01. The lowest BCUT2D eigenvalue weighted by atomic mass is 10.1. The predicted octanol–water partition coefficient (Wildman–Crippen LogP) is 3.23. The van der Waals surface area contributed by atoms with Crippen LogP contribution in [-0.2, 0) is 6.42 Å². The lowest BCUT2D eigenvalue weighted by Gasteiger charge is -2.08. The van der Waals surface area contributed by atoms with Gasteiger partial charge in [0, 0.05) is 6.42 Å². The van der Waals surface area contributed by atoms with Gasteiger partial charge in [-0.3, -0.25) is 0 Å². The number of carboxylic acid groups (broad SMARTS) is 1. The zero-order chi connectivity index (χ0) is 14.8. The van der Waals surface area contributed by atoms with E-state index in [0.717, 1.165) is 23.4 Å². The second kappa shape index (κ2) is 5.73. The molecule has 1 N–H and O–H groups in total. The SMILES string of the molecule is CCc1nc(C(=O)O)c(-c2ccc3c(c2)OCCCO3)s1. The molecule has 1 aromatic heterocycles. The normalized spacial score (nSPS) is 13.8. The molecule has 5 nitrogen and oxygen atoms in total. The molecule has 0 radical (unpaired) electrons. The molecule has 0 unspecified atom stereocenters. The molecule has 1 aromatic carbocycles. The fraction of sp³-hybridized carbons (Fsp3) is 0.333. The standard InChI is InChI=1S/C15H15NO4S/c1-2-12-16-13(15(17)18)14(21-12)9-4-5-10-11(8-9)20-7-3-6-19-10/h4-5,8H,2-3,6-7H2,1H3,(H,17,18). The monoisotopic (exact) mass is 305 g/mol. The van der Waals surface area contributed by atoms with Crippen LogP contribution in [0.1, 0.15) is 28.8 Å². The number of hydrogen-bond donors (Lipinski definition) is 1. The number of benzene rings is 1. The maximum Gasteiger partial charge on any atom is 0.356 e. The maximum atomic E-state index is 11.4. The average molecular weight is 305 g/mol. The first-order chi connectivity index (χ1) is 10.2. The Morgan fingerprint density at radius 1 is 1.33 bits per heavy atom. The van der Waals surface area contributed by atoms with Crippen LogP contribution < -0.4 is 9.47 Å². The zero-order valence-corrected chi connectivity index (χ0v) is 12.4. The summed E-state index contributed by atoms with van der Waals surface area (Å²) in [6, 6.07) is 5.51. The van der Waals surface area contributed by atoms with E-state index in [1.807, 2.05) is 25.1 Å². The van der Waals surface area contributed by atoms with Gasteiger partial charge < -0.3 is 14.6 Å². The van der Waals surface area contributed by atoms with Gasteiger partial charge in [0.25, 0.3) is 0 Å². The highest BCUT2D eigenvalue weighted by Crippen LogP contribution is 2.37. The van der Waals surface area contributed by atoms with Crippen LogP contribution in [0, 0.1) is 0 Å². The average Bonchev–Trinajstić information content (AvgIpc) is 2.79. The van der Waals surface area contributed by atoms with Crippen molar-refractivity contribution in [2.75, 3.05) is 13.2 Å². The predicted molar refractivity (Wildman–Crippen MR) is 79.5 cm³/mol. The Hall–Kier alpha value is -2.08. The van der Waals surface area contributed by atoms with Crippen molar-refractivity contribution in [1.29, 1.82) is 0 Å². The van der Waals surface area contributed by atoms with Gasteiger partial charge in [-0.15, -0.1) is 11.3 Å². The van der Waals surface area contributed by atoms with Crippen LogP contribution in [0.5, 0.6) is 11.5 Å². The third-order valence-electron chi connectivity index (χ3n) is 3.19. The molecule has 1 aliphatic heterocycles. The zero-order valence-electron chi connectivity index (χ0n) is 11.6. The second-order valence-electron chi connectivity index (χ2n) is 4.66. The number of aromatic nitrogens is 1. The van der Waals surface area contributed by atoms with Crippen molar-refractivity contribution in [2.45, 2.75) is 19.8 Å². The van der Waals surface area contributed by atoms with E-state index in [9.17, 15) is 9.90 Å². The van der Waals surface area contributed by atoms with E-state index >= 15 is 0 Å². The lowest BCUT2D eigenvalue weighted by Crippen LogP contribution is -1.99. The third kappa shape index (κ3) is 2.71. The summed E-state index contributed by atoms with van der Waals surface area (Å²) in [5.74, 6) is 0.356. The van der Waals surface area contributed by atoms with Crippen molar-refractivity contribution < 1.29 is 19.4 Å². The molecule has 0 aliphatic carbocycles. The van der Waals surface area contributed by atoms with Crippen LogP contribution in [0.25, 0.3) is 10.4 Å². The van der Waals surface area contributed by atoms with E-state index in [-0.39, 0.29) is 5.69 Å². The molecule has 0 amide bonds. The Kier molecular flexibility index (Phi) is 3.79. The van der Waals surface area contributed by atoms with E-state index in [1.54, 1.807) is 0 Å². The summed E-state index contributed by atoms with van der Waals surface area (Å²) in [5, 5.41) is 10.1. The van der Waals surface area contributed by atoms with Gasteiger partial charge >= 0.3 is 5.97 Å². The molecule has 0 spiro atoms. The number of fused-ring (bicyclic) bond motifs is 1. The number of thiazole rings is 1. The fourth-order valence-corrected chi connectivity index (χ4v) is 3.15. The van der Waals surface area contributed by atoms with Gasteiger partial charge in [-0.25, -0.2) is 9.78 Å². The molecule has 110 valence electrons. The Morgan fingerprint density at radius 3 is 2.81 bits per heavy atom. The van der Waals surface area contributed by atoms with Crippen LogP contribution in [0.3, 0.4) is 0 Å². The van der Waals surface area contributed by atoms with Crippen molar-refractivity contribution in [3.05, 3.63) is 28.9 Å². The van der Waals surface area contributed by atoms with Crippen molar-refractivity contribution in [3.63, 3.8) is 0 Å². The van der Waals surface area contributed by atoms with Gasteiger partial charge in [0.15, 0.2) is 17.2 Å². The molecule has 0 saturated heterocycles. The Labute approximate surface area is 126 Å². The first-order valence-electron chi connectivity index (χ1n) is 6.82. The van der Waals surface area contributed by atoms with Crippen LogP contribution in [0.2, 0.25) is 0 Å². The number of rotatable bonds is 3. The molecule has 6 heteroatoms. The van der Waals surface area contributed by atoms with E-state index in [4.69, 9.17) is 9.47 Å². The van der Waals surface area contributed by atoms with Gasteiger partial charge in [-0.2, -0.15) is 0 Å². The number of nitrogens with zero attached hydrogens (tertiary/aromatic N) is 1.